The van der Waals surface area contributed by atoms with Crippen molar-refractivity contribution in [3.63, 3.8) is 0 Å². The Morgan fingerprint density at radius 2 is 1.54 bits per heavy atom. The van der Waals surface area contributed by atoms with Gasteiger partial charge in [-0.05, 0) is 53.3 Å². The smallest absolute Gasteiger partial charge is 0.407 e. The number of carboxylic acid groups (broad SMARTS) is 1. The summed E-state index contributed by atoms with van der Waals surface area (Å²) in [6.45, 7) is 1.90. The lowest BCUT2D eigenvalue weighted by Crippen LogP contribution is -2.47. The molecule has 1 aliphatic carbocycles. The molecule has 180 valence electrons. The Hall–Kier alpha value is -4.20. The number of nitrogens with zero attached hydrogens (tertiary/aromatic N) is 1. The molecule has 8 heteroatoms. The first-order chi connectivity index (χ1) is 16.9. The Labute approximate surface area is 203 Å². The SMILES string of the molecule is C[C@@H](NC(=O)C(CCC(=O)O)NC(=O)OCC1c2ccccc2-c2ccccc21)c1ccncc1. The van der Waals surface area contributed by atoms with E-state index in [4.69, 9.17) is 9.84 Å². The molecule has 2 atom stereocenters. The minimum Gasteiger partial charge on any atom is -0.481 e. The zero-order valence-corrected chi connectivity index (χ0v) is 19.3. The maximum Gasteiger partial charge on any atom is 0.407 e. The molecule has 2 aromatic carbocycles. The van der Waals surface area contributed by atoms with Crippen LogP contribution in [0, 0.1) is 0 Å². The highest BCUT2D eigenvalue weighted by Crippen LogP contribution is 2.44. The highest BCUT2D eigenvalue weighted by molar-refractivity contribution is 5.86. The molecule has 0 radical (unpaired) electrons. The molecule has 1 aliphatic rings. The predicted octanol–water partition coefficient (Wildman–Crippen LogP) is 4.03. The Kier molecular flexibility index (Phi) is 7.40. The molecule has 3 aromatic rings. The van der Waals surface area contributed by atoms with Crippen molar-refractivity contribution in [2.45, 2.75) is 37.8 Å². The number of ether oxygens (including phenoxy) is 1. The van der Waals surface area contributed by atoms with Crippen LogP contribution < -0.4 is 10.6 Å². The zero-order valence-electron chi connectivity index (χ0n) is 19.3. The highest BCUT2D eigenvalue weighted by Gasteiger charge is 2.30. The second kappa shape index (κ2) is 10.8. The predicted molar refractivity (Wildman–Crippen MR) is 130 cm³/mol. The second-order valence-corrected chi connectivity index (χ2v) is 8.47. The van der Waals surface area contributed by atoms with Crippen LogP contribution in [0.15, 0.2) is 73.1 Å². The molecule has 0 bridgehead atoms. The van der Waals surface area contributed by atoms with Gasteiger partial charge in [0.15, 0.2) is 0 Å². The number of hydrogen-bond acceptors (Lipinski definition) is 5. The Bertz CT molecular complexity index is 1170. The molecule has 0 saturated heterocycles. The third kappa shape index (κ3) is 5.66. The van der Waals surface area contributed by atoms with Crippen LogP contribution in [0.5, 0.6) is 0 Å². The maximum atomic E-state index is 12.9. The molecule has 1 aromatic heterocycles. The number of carbonyl (C=O) groups excluding carboxylic acids is 2. The van der Waals surface area contributed by atoms with Crippen molar-refractivity contribution in [1.29, 1.82) is 0 Å². The molecule has 0 aliphatic heterocycles. The van der Waals surface area contributed by atoms with E-state index in [1.165, 1.54) is 0 Å². The molecule has 1 heterocycles. The van der Waals surface area contributed by atoms with E-state index < -0.39 is 24.0 Å². The lowest BCUT2D eigenvalue weighted by molar-refractivity contribution is -0.137. The zero-order chi connectivity index (χ0) is 24.8. The molecule has 8 nitrogen and oxygen atoms in total. The van der Waals surface area contributed by atoms with Crippen molar-refractivity contribution in [3.8, 4) is 11.1 Å². The molecule has 0 spiro atoms. The first kappa shape index (κ1) is 23.9. The van der Waals surface area contributed by atoms with E-state index in [0.717, 1.165) is 27.8 Å². The van der Waals surface area contributed by atoms with Gasteiger partial charge in [0, 0.05) is 24.7 Å². The molecule has 0 saturated carbocycles. The van der Waals surface area contributed by atoms with Crippen molar-refractivity contribution in [1.82, 2.24) is 15.6 Å². The van der Waals surface area contributed by atoms with Gasteiger partial charge in [0.25, 0.3) is 0 Å². The Balaban J connectivity index is 1.41. The number of fused-ring (bicyclic) bond motifs is 3. The number of amides is 2. The lowest BCUT2D eigenvalue weighted by Gasteiger charge is -2.22. The molecular weight excluding hydrogens is 446 g/mol. The summed E-state index contributed by atoms with van der Waals surface area (Å²) < 4.78 is 5.53. The van der Waals surface area contributed by atoms with Gasteiger partial charge in [-0.2, -0.15) is 0 Å². The fourth-order valence-corrected chi connectivity index (χ4v) is 4.37. The van der Waals surface area contributed by atoms with Crippen LogP contribution in [-0.2, 0) is 14.3 Å². The number of rotatable bonds is 9. The van der Waals surface area contributed by atoms with Crippen molar-refractivity contribution in [3.05, 3.63) is 89.7 Å². The molecule has 4 rings (SSSR count). The van der Waals surface area contributed by atoms with Crippen molar-refractivity contribution < 1.29 is 24.2 Å². The van der Waals surface area contributed by atoms with Crippen LogP contribution in [-0.4, -0.2) is 40.7 Å². The Morgan fingerprint density at radius 3 is 2.14 bits per heavy atom. The van der Waals surface area contributed by atoms with Gasteiger partial charge in [-0.15, -0.1) is 0 Å². The lowest BCUT2D eigenvalue weighted by atomic mass is 9.98. The van der Waals surface area contributed by atoms with Crippen LogP contribution >= 0.6 is 0 Å². The summed E-state index contributed by atoms with van der Waals surface area (Å²) in [6.07, 6.45) is 2.14. The highest BCUT2D eigenvalue weighted by atomic mass is 16.5. The summed E-state index contributed by atoms with van der Waals surface area (Å²) in [5.74, 6) is -1.66. The number of nitrogens with one attached hydrogen (secondary N) is 2. The van der Waals surface area contributed by atoms with Gasteiger partial charge < -0.3 is 20.5 Å². The maximum absolute atomic E-state index is 12.9. The van der Waals surface area contributed by atoms with Gasteiger partial charge in [0.2, 0.25) is 5.91 Å². The fourth-order valence-electron chi connectivity index (χ4n) is 4.37. The summed E-state index contributed by atoms with van der Waals surface area (Å²) in [4.78, 5) is 40.6. The van der Waals surface area contributed by atoms with E-state index in [2.05, 4.69) is 15.6 Å². The molecule has 3 N–H and O–H groups in total. The van der Waals surface area contributed by atoms with Gasteiger partial charge in [-0.1, -0.05) is 48.5 Å². The van der Waals surface area contributed by atoms with E-state index >= 15 is 0 Å². The largest absolute Gasteiger partial charge is 0.481 e. The summed E-state index contributed by atoms with van der Waals surface area (Å²) >= 11 is 0. The van der Waals surface area contributed by atoms with E-state index in [1.807, 2.05) is 48.5 Å². The molecule has 0 fully saturated rings. The van der Waals surface area contributed by atoms with Crippen molar-refractivity contribution in [2.75, 3.05) is 6.61 Å². The molecule has 1 unspecified atom stereocenters. The number of carboxylic acids is 1. The summed E-state index contributed by atoms with van der Waals surface area (Å²) in [7, 11) is 0. The fraction of sp³-hybridized carbons (Fsp3) is 0.259. The Morgan fingerprint density at radius 1 is 0.943 bits per heavy atom. The normalized spacial score (nSPS) is 13.7. The first-order valence-electron chi connectivity index (χ1n) is 11.5. The third-order valence-electron chi connectivity index (χ3n) is 6.16. The number of benzene rings is 2. The summed E-state index contributed by atoms with van der Waals surface area (Å²) in [5, 5.41) is 14.5. The quantitative estimate of drug-likeness (QED) is 0.432. The van der Waals surface area contributed by atoms with Gasteiger partial charge >= 0.3 is 12.1 Å². The third-order valence-corrected chi connectivity index (χ3v) is 6.16. The second-order valence-electron chi connectivity index (χ2n) is 8.47. The van der Waals surface area contributed by atoms with Gasteiger partial charge in [0.05, 0.1) is 6.04 Å². The van der Waals surface area contributed by atoms with Crippen LogP contribution in [0.4, 0.5) is 4.79 Å². The number of aromatic nitrogens is 1. The minimum absolute atomic E-state index is 0.0611. The summed E-state index contributed by atoms with van der Waals surface area (Å²) in [6, 6.07) is 18.1. The topological polar surface area (TPSA) is 118 Å². The molecular formula is C27H27N3O5. The van der Waals surface area contributed by atoms with Gasteiger partial charge in [-0.25, -0.2) is 4.79 Å². The van der Waals surface area contributed by atoms with Gasteiger partial charge in [0.1, 0.15) is 12.6 Å². The van der Waals surface area contributed by atoms with E-state index in [9.17, 15) is 14.4 Å². The number of aliphatic carboxylic acids is 1. The average Bonchev–Trinajstić information content (AvgIpc) is 3.19. The van der Waals surface area contributed by atoms with E-state index in [1.54, 1.807) is 31.5 Å². The first-order valence-corrected chi connectivity index (χ1v) is 11.5. The number of carbonyl (C=O) groups is 3. The number of alkyl carbamates (subject to hydrolysis) is 1. The monoisotopic (exact) mass is 473 g/mol. The molecule has 2 amide bonds. The van der Waals surface area contributed by atoms with Crippen molar-refractivity contribution >= 4 is 18.0 Å². The number of hydrogen-bond donors (Lipinski definition) is 3. The van der Waals surface area contributed by atoms with Crippen LogP contribution in [0.25, 0.3) is 11.1 Å². The standard InChI is InChI=1S/C27H27N3O5/c1-17(18-12-14-28-15-13-18)29-26(33)24(10-11-25(31)32)30-27(34)35-16-23-21-8-4-2-6-19(21)20-7-3-5-9-22(20)23/h2-9,12-15,17,23-24H,10-11,16H2,1H3,(H,29,33)(H,30,34)(H,31,32)/t17-,24?/m1/s1. The van der Waals surface area contributed by atoms with Crippen LogP contribution in [0.3, 0.4) is 0 Å². The van der Waals surface area contributed by atoms with E-state index in [0.29, 0.717) is 0 Å². The van der Waals surface area contributed by atoms with Crippen LogP contribution in [0.1, 0.15) is 48.4 Å². The minimum atomic E-state index is -1.06. The molecule has 35 heavy (non-hydrogen) atoms. The number of pyridine rings is 1. The summed E-state index contributed by atoms with van der Waals surface area (Å²) in [5.41, 5.74) is 5.22. The van der Waals surface area contributed by atoms with E-state index in [-0.39, 0.29) is 31.4 Å². The van der Waals surface area contributed by atoms with Gasteiger partial charge in [-0.3, -0.25) is 14.6 Å². The van der Waals surface area contributed by atoms with Crippen molar-refractivity contribution in [2.24, 2.45) is 0 Å². The van der Waals surface area contributed by atoms with Crippen LogP contribution in [0.2, 0.25) is 0 Å². The average molecular weight is 474 g/mol.